The van der Waals surface area contributed by atoms with Gasteiger partial charge in [0.05, 0.1) is 0 Å². The number of rotatable bonds is 4. The van der Waals surface area contributed by atoms with Crippen molar-refractivity contribution in [3.63, 3.8) is 0 Å². The highest BCUT2D eigenvalue weighted by Crippen LogP contribution is 2.22. The summed E-state index contributed by atoms with van der Waals surface area (Å²) in [4.78, 5) is 2.36. The fraction of sp³-hybridized carbons (Fsp3) is 0.571. The molecule has 1 saturated carbocycles. The van der Waals surface area contributed by atoms with E-state index in [1.54, 1.807) is 0 Å². The molecule has 0 aromatic heterocycles. The minimum absolute atomic E-state index is 0.662. The Morgan fingerprint density at radius 1 is 1.19 bits per heavy atom. The van der Waals surface area contributed by atoms with Crippen LogP contribution in [0.3, 0.4) is 0 Å². The van der Waals surface area contributed by atoms with Crippen LogP contribution < -0.4 is 5.32 Å². The largest absolute Gasteiger partial charge is 0.308 e. The van der Waals surface area contributed by atoms with Crippen LogP contribution in [0.4, 0.5) is 0 Å². The SMILES string of the molecule is CN(C)C1CCCC1NCc1ccccc1. The molecule has 0 aliphatic heterocycles. The quantitative estimate of drug-likeness (QED) is 0.834. The highest BCUT2D eigenvalue weighted by atomic mass is 15.1. The summed E-state index contributed by atoms with van der Waals surface area (Å²) in [5, 5.41) is 3.69. The third kappa shape index (κ3) is 2.83. The molecule has 2 heteroatoms. The van der Waals surface area contributed by atoms with Gasteiger partial charge in [-0.15, -0.1) is 0 Å². The van der Waals surface area contributed by atoms with Crippen LogP contribution in [0.5, 0.6) is 0 Å². The second-order valence-corrected chi connectivity index (χ2v) is 4.93. The predicted octanol–water partition coefficient (Wildman–Crippen LogP) is 2.26. The summed E-state index contributed by atoms with van der Waals surface area (Å²) in [5.41, 5.74) is 1.38. The lowest BCUT2D eigenvalue weighted by molar-refractivity contribution is 0.252. The maximum atomic E-state index is 3.69. The van der Waals surface area contributed by atoms with Crippen molar-refractivity contribution >= 4 is 0 Å². The molecule has 2 rings (SSSR count). The van der Waals surface area contributed by atoms with Gasteiger partial charge in [0.2, 0.25) is 0 Å². The van der Waals surface area contributed by atoms with Crippen molar-refractivity contribution < 1.29 is 0 Å². The molecule has 2 nitrogen and oxygen atoms in total. The lowest BCUT2D eigenvalue weighted by Crippen LogP contribution is -2.43. The summed E-state index contributed by atoms with van der Waals surface area (Å²) >= 11 is 0. The molecular weight excluding hydrogens is 196 g/mol. The molecule has 16 heavy (non-hydrogen) atoms. The maximum absolute atomic E-state index is 3.69. The van der Waals surface area contributed by atoms with Crippen LogP contribution in [0, 0.1) is 0 Å². The Bertz CT molecular complexity index is 308. The fourth-order valence-electron chi connectivity index (χ4n) is 2.64. The van der Waals surface area contributed by atoms with E-state index in [0.717, 1.165) is 6.54 Å². The van der Waals surface area contributed by atoms with Gasteiger partial charge in [0.25, 0.3) is 0 Å². The number of hydrogen-bond acceptors (Lipinski definition) is 2. The molecule has 0 radical (unpaired) electrons. The van der Waals surface area contributed by atoms with E-state index in [9.17, 15) is 0 Å². The molecule has 1 aromatic rings. The molecular formula is C14H22N2. The molecule has 0 amide bonds. The third-order valence-electron chi connectivity index (χ3n) is 3.55. The molecule has 0 heterocycles. The van der Waals surface area contributed by atoms with Gasteiger partial charge < -0.3 is 10.2 Å². The van der Waals surface area contributed by atoms with Gasteiger partial charge in [-0.1, -0.05) is 36.8 Å². The first kappa shape index (κ1) is 11.6. The number of nitrogens with one attached hydrogen (secondary N) is 1. The molecule has 88 valence electrons. The Kier molecular flexibility index (Phi) is 3.97. The molecule has 0 spiro atoms. The predicted molar refractivity (Wildman–Crippen MR) is 68.4 cm³/mol. The van der Waals surface area contributed by atoms with Gasteiger partial charge >= 0.3 is 0 Å². The van der Waals surface area contributed by atoms with Gasteiger partial charge in [0, 0.05) is 18.6 Å². The van der Waals surface area contributed by atoms with Gasteiger partial charge in [-0.25, -0.2) is 0 Å². The first-order valence-electron chi connectivity index (χ1n) is 6.21. The molecule has 1 aliphatic rings. The summed E-state index contributed by atoms with van der Waals surface area (Å²) in [5.74, 6) is 0. The molecule has 0 bridgehead atoms. The zero-order valence-corrected chi connectivity index (χ0v) is 10.3. The summed E-state index contributed by atoms with van der Waals surface area (Å²) < 4.78 is 0. The maximum Gasteiger partial charge on any atom is 0.0243 e. The topological polar surface area (TPSA) is 15.3 Å². The zero-order valence-electron chi connectivity index (χ0n) is 10.3. The number of benzene rings is 1. The van der Waals surface area contributed by atoms with E-state index in [0.29, 0.717) is 12.1 Å². The van der Waals surface area contributed by atoms with Crippen LogP contribution in [-0.4, -0.2) is 31.1 Å². The Hall–Kier alpha value is -0.860. The average molecular weight is 218 g/mol. The highest BCUT2D eigenvalue weighted by Gasteiger charge is 2.27. The zero-order chi connectivity index (χ0) is 11.4. The van der Waals surface area contributed by atoms with Gasteiger partial charge in [-0.3, -0.25) is 0 Å². The third-order valence-corrected chi connectivity index (χ3v) is 3.55. The Labute approximate surface area is 98.7 Å². The van der Waals surface area contributed by atoms with Crippen LogP contribution in [0.1, 0.15) is 24.8 Å². The smallest absolute Gasteiger partial charge is 0.0243 e. The molecule has 2 atom stereocenters. The van der Waals surface area contributed by atoms with E-state index >= 15 is 0 Å². The van der Waals surface area contributed by atoms with Crippen LogP contribution >= 0.6 is 0 Å². The van der Waals surface area contributed by atoms with Crippen molar-refractivity contribution in [1.29, 1.82) is 0 Å². The first-order valence-corrected chi connectivity index (χ1v) is 6.21. The average Bonchev–Trinajstić information content (AvgIpc) is 2.76. The van der Waals surface area contributed by atoms with E-state index in [1.165, 1.54) is 24.8 Å². The van der Waals surface area contributed by atoms with Gasteiger partial charge in [0.1, 0.15) is 0 Å². The summed E-state index contributed by atoms with van der Waals surface area (Å²) in [6.45, 7) is 0.996. The van der Waals surface area contributed by atoms with Crippen molar-refractivity contribution in [1.82, 2.24) is 10.2 Å². The number of hydrogen-bond donors (Lipinski definition) is 1. The molecule has 0 saturated heterocycles. The van der Waals surface area contributed by atoms with E-state index in [4.69, 9.17) is 0 Å². The highest BCUT2D eigenvalue weighted by molar-refractivity contribution is 5.14. The molecule has 1 N–H and O–H groups in total. The van der Waals surface area contributed by atoms with E-state index in [2.05, 4.69) is 54.6 Å². The molecule has 1 fully saturated rings. The van der Waals surface area contributed by atoms with Gasteiger partial charge in [-0.05, 0) is 32.5 Å². The number of likely N-dealkylation sites (N-methyl/N-ethyl adjacent to an activating group) is 1. The molecule has 1 aromatic carbocycles. The van der Waals surface area contributed by atoms with Crippen LogP contribution in [0.2, 0.25) is 0 Å². The van der Waals surface area contributed by atoms with Gasteiger partial charge in [-0.2, -0.15) is 0 Å². The second-order valence-electron chi connectivity index (χ2n) is 4.93. The molecule has 2 unspecified atom stereocenters. The normalized spacial score (nSPS) is 25.2. The standard InChI is InChI=1S/C14H22N2/c1-16(2)14-10-6-9-13(14)15-11-12-7-4-3-5-8-12/h3-5,7-8,13-15H,6,9-11H2,1-2H3. The lowest BCUT2D eigenvalue weighted by Gasteiger charge is -2.27. The summed E-state index contributed by atoms with van der Waals surface area (Å²) in [6.07, 6.45) is 4.00. The Morgan fingerprint density at radius 2 is 1.94 bits per heavy atom. The minimum Gasteiger partial charge on any atom is -0.308 e. The lowest BCUT2D eigenvalue weighted by atomic mass is 10.1. The van der Waals surface area contributed by atoms with Crippen LogP contribution in [0.15, 0.2) is 30.3 Å². The van der Waals surface area contributed by atoms with Crippen molar-refractivity contribution in [3.8, 4) is 0 Å². The summed E-state index contributed by atoms with van der Waals surface area (Å²) in [6, 6.07) is 12.0. The van der Waals surface area contributed by atoms with E-state index in [-0.39, 0.29) is 0 Å². The first-order chi connectivity index (χ1) is 7.77. The Balaban J connectivity index is 1.86. The van der Waals surface area contributed by atoms with E-state index in [1.807, 2.05) is 0 Å². The van der Waals surface area contributed by atoms with Crippen molar-refractivity contribution in [3.05, 3.63) is 35.9 Å². The second kappa shape index (κ2) is 5.46. The number of nitrogens with zero attached hydrogens (tertiary/aromatic N) is 1. The Morgan fingerprint density at radius 3 is 2.62 bits per heavy atom. The monoisotopic (exact) mass is 218 g/mol. The van der Waals surface area contributed by atoms with Crippen molar-refractivity contribution in [2.45, 2.75) is 37.9 Å². The van der Waals surface area contributed by atoms with Crippen molar-refractivity contribution in [2.24, 2.45) is 0 Å². The fourth-order valence-corrected chi connectivity index (χ4v) is 2.64. The van der Waals surface area contributed by atoms with Crippen LogP contribution in [0.25, 0.3) is 0 Å². The minimum atomic E-state index is 0.662. The van der Waals surface area contributed by atoms with E-state index < -0.39 is 0 Å². The molecule has 1 aliphatic carbocycles. The van der Waals surface area contributed by atoms with Gasteiger partial charge in [0.15, 0.2) is 0 Å². The van der Waals surface area contributed by atoms with Crippen molar-refractivity contribution in [2.75, 3.05) is 14.1 Å². The summed E-state index contributed by atoms with van der Waals surface area (Å²) in [7, 11) is 4.38. The van der Waals surface area contributed by atoms with Crippen LogP contribution in [-0.2, 0) is 6.54 Å².